The van der Waals surface area contributed by atoms with Crippen molar-refractivity contribution < 1.29 is 18.7 Å². The molecule has 1 fully saturated rings. The van der Waals surface area contributed by atoms with E-state index in [4.69, 9.17) is 4.74 Å². The van der Waals surface area contributed by atoms with Crippen LogP contribution >= 0.6 is 0 Å². The lowest BCUT2D eigenvalue weighted by Gasteiger charge is -2.32. The highest BCUT2D eigenvalue weighted by atomic mass is 19.1. The third-order valence-electron chi connectivity index (χ3n) is 4.36. The molecule has 0 unspecified atom stereocenters. The van der Waals surface area contributed by atoms with Crippen LogP contribution in [-0.4, -0.2) is 46.3 Å². The standard InChI is InChI=1S/C19H21FN4O3/c1-13(25)22-11-19(26)24-8-4-5-14(12-24)16-9-21-10-18(23-16)27-17-7-3-2-6-15(17)20/h2-3,6-7,9-10,14H,4-5,8,11-12H2,1H3,(H,22,25)/t14-/m1/s1. The number of nitrogens with zero attached hydrogens (tertiary/aromatic N) is 3. The first-order chi connectivity index (χ1) is 13.0. The highest BCUT2D eigenvalue weighted by molar-refractivity contribution is 5.83. The summed E-state index contributed by atoms with van der Waals surface area (Å²) in [5.41, 5.74) is 0.695. The number of piperidine rings is 1. The van der Waals surface area contributed by atoms with Crippen molar-refractivity contribution in [3.63, 3.8) is 0 Å². The fourth-order valence-electron chi connectivity index (χ4n) is 3.01. The minimum atomic E-state index is -0.475. The molecule has 1 aliphatic heterocycles. The van der Waals surface area contributed by atoms with Crippen LogP contribution < -0.4 is 10.1 Å². The number of carbonyl (C=O) groups excluding carboxylic acids is 2. The van der Waals surface area contributed by atoms with Crippen LogP contribution in [0.5, 0.6) is 11.6 Å². The van der Waals surface area contributed by atoms with Crippen molar-refractivity contribution in [2.45, 2.75) is 25.7 Å². The molecule has 1 aromatic carbocycles. The predicted octanol–water partition coefficient (Wildman–Crippen LogP) is 2.25. The molecule has 27 heavy (non-hydrogen) atoms. The summed E-state index contributed by atoms with van der Waals surface area (Å²) in [6.07, 6.45) is 4.76. The zero-order valence-electron chi connectivity index (χ0n) is 15.0. The number of amides is 2. The highest BCUT2D eigenvalue weighted by Gasteiger charge is 2.26. The van der Waals surface area contributed by atoms with Gasteiger partial charge in [-0.2, -0.15) is 0 Å². The number of para-hydroxylation sites is 1. The van der Waals surface area contributed by atoms with Gasteiger partial charge >= 0.3 is 0 Å². The Morgan fingerprint density at radius 1 is 1.33 bits per heavy atom. The first-order valence-electron chi connectivity index (χ1n) is 8.79. The van der Waals surface area contributed by atoms with Gasteiger partial charge in [-0.05, 0) is 25.0 Å². The summed E-state index contributed by atoms with van der Waals surface area (Å²) in [5, 5.41) is 2.53. The van der Waals surface area contributed by atoms with E-state index < -0.39 is 5.82 Å². The van der Waals surface area contributed by atoms with Crippen LogP contribution in [0.4, 0.5) is 4.39 Å². The van der Waals surface area contributed by atoms with E-state index in [9.17, 15) is 14.0 Å². The Hall–Kier alpha value is -3.03. The molecule has 2 amide bonds. The Morgan fingerprint density at radius 3 is 2.93 bits per heavy atom. The molecule has 1 aromatic heterocycles. The van der Waals surface area contributed by atoms with Gasteiger partial charge in [-0.3, -0.25) is 14.6 Å². The number of carbonyl (C=O) groups is 2. The SMILES string of the molecule is CC(=O)NCC(=O)N1CCC[C@@H](c2cncc(Oc3ccccc3F)n2)C1. The fourth-order valence-corrected chi connectivity index (χ4v) is 3.01. The number of likely N-dealkylation sites (tertiary alicyclic amines) is 1. The average Bonchev–Trinajstić information content (AvgIpc) is 2.68. The first-order valence-corrected chi connectivity index (χ1v) is 8.79. The number of halogens is 1. The maximum atomic E-state index is 13.8. The van der Waals surface area contributed by atoms with E-state index >= 15 is 0 Å². The Morgan fingerprint density at radius 2 is 2.15 bits per heavy atom. The number of benzene rings is 1. The van der Waals surface area contributed by atoms with Gasteiger partial charge in [0.1, 0.15) is 0 Å². The quantitative estimate of drug-likeness (QED) is 0.870. The van der Waals surface area contributed by atoms with E-state index in [1.807, 2.05) is 0 Å². The molecule has 1 N–H and O–H groups in total. The Bertz CT molecular complexity index is 830. The predicted molar refractivity (Wildman–Crippen MR) is 95.7 cm³/mol. The third kappa shape index (κ3) is 4.99. The van der Waals surface area contributed by atoms with Crippen LogP contribution in [0, 0.1) is 5.82 Å². The van der Waals surface area contributed by atoms with Crippen molar-refractivity contribution in [2.75, 3.05) is 19.6 Å². The molecule has 1 aliphatic rings. The summed E-state index contributed by atoms with van der Waals surface area (Å²) in [4.78, 5) is 33.5. The molecular formula is C19H21FN4O3. The number of hydrogen-bond acceptors (Lipinski definition) is 5. The first kappa shape index (κ1) is 18.8. The van der Waals surface area contributed by atoms with E-state index in [-0.39, 0.29) is 35.9 Å². The van der Waals surface area contributed by atoms with E-state index in [1.54, 1.807) is 23.2 Å². The van der Waals surface area contributed by atoms with Crippen molar-refractivity contribution in [1.29, 1.82) is 0 Å². The molecule has 142 valence electrons. The largest absolute Gasteiger partial charge is 0.434 e. The number of hydrogen-bond donors (Lipinski definition) is 1. The van der Waals surface area contributed by atoms with Gasteiger partial charge in [0.25, 0.3) is 0 Å². The van der Waals surface area contributed by atoms with Crippen molar-refractivity contribution in [2.24, 2.45) is 0 Å². The molecule has 0 radical (unpaired) electrons. The Balaban J connectivity index is 1.68. The van der Waals surface area contributed by atoms with E-state index in [0.717, 1.165) is 12.8 Å². The van der Waals surface area contributed by atoms with Gasteiger partial charge in [-0.25, -0.2) is 9.37 Å². The topological polar surface area (TPSA) is 84.4 Å². The van der Waals surface area contributed by atoms with Gasteiger partial charge < -0.3 is 15.0 Å². The smallest absolute Gasteiger partial charge is 0.241 e. The molecule has 1 saturated heterocycles. The zero-order chi connectivity index (χ0) is 19.2. The zero-order valence-corrected chi connectivity index (χ0v) is 15.0. The molecule has 0 spiro atoms. The van der Waals surface area contributed by atoms with Crippen LogP contribution in [0.2, 0.25) is 0 Å². The van der Waals surface area contributed by atoms with Crippen LogP contribution in [0.25, 0.3) is 0 Å². The molecule has 7 nitrogen and oxygen atoms in total. The van der Waals surface area contributed by atoms with Crippen LogP contribution in [0.3, 0.4) is 0 Å². The second kappa shape index (κ2) is 8.57. The normalized spacial score (nSPS) is 16.7. The van der Waals surface area contributed by atoms with E-state index in [0.29, 0.717) is 18.8 Å². The third-order valence-corrected chi connectivity index (χ3v) is 4.36. The van der Waals surface area contributed by atoms with Gasteiger partial charge in [-0.1, -0.05) is 12.1 Å². The van der Waals surface area contributed by atoms with Crippen LogP contribution in [-0.2, 0) is 9.59 Å². The highest BCUT2D eigenvalue weighted by Crippen LogP contribution is 2.28. The second-order valence-electron chi connectivity index (χ2n) is 6.40. The summed E-state index contributed by atoms with van der Waals surface area (Å²) in [5.74, 6) is -0.532. The molecule has 3 rings (SSSR count). The van der Waals surface area contributed by atoms with Crippen molar-refractivity contribution in [3.05, 3.63) is 48.2 Å². The van der Waals surface area contributed by atoms with Crippen molar-refractivity contribution >= 4 is 11.8 Å². The number of ether oxygens (including phenoxy) is 1. The Kier molecular flexibility index (Phi) is 5.95. The molecule has 0 aliphatic carbocycles. The minimum absolute atomic E-state index is 0.00976. The molecule has 0 saturated carbocycles. The lowest BCUT2D eigenvalue weighted by Crippen LogP contribution is -2.44. The molecular weight excluding hydrogens is 351 g/mol. The van der Waals surface area contributed by atoms with Crippen LogP contribution in [0.15, 0.2) is 36.7 Å². The molecule has 0 bridgehead atoms. The minimum Gasteiger partial charge on any atom is -0.434 e. The van der Waals surface area contributed by atoms with Gasteiger partial charge in [0, 0.05) is 32.1 Å². The van der Waals surface area contributed by atoms with Crippen molar-refractivity contribution in [1.82, 2.24) is 20.2 Å². The lowest BCUT2D eigenvalue weighted by molar-refractivity contribution is -0.133. The second-order valence-corrected chi connectivity index (χ2v) is 6.40. The van der Waals surface area contributed by atoms with Gasteiger partial charge in [-0.15, -0.1) is 0 Å². The molecule has 8 heteroatoms. The maximum absolute atomic E-state index is 13.8. The fraction of sp³-hybridized carbons (Fsp3) is 0.368. The van der Waals surface area contributed by atoms with E-state index in [1.165, 1.54) is 25.3 Å². The number of aromatic nitrogens is 2. The summed E-state index contributed by atoms with van der Waals surface area (Å²) in [7, 11) is 0. The summed E-state index contributed by atoms with van der Waals surface area (Å²) in [6, 6.07) is 6.09. The summed E-state index contributed by atoms with van der Waals surface area (Å²) < 4.78 is 19.3. The number of rotatable bonds is 5. The van der Waals surface area contributed by atoms with Crippen LogP contribution in [0.1, 0.15) is 31.4 Å². The average molecular weight is 372 g/mol. The summed E-state index contributed by atoms with van der Waals surface area (Å²) >= 11 is 0. The summed E-state index contributed by atoms with van der Waals surface area (Å²) in [6.45, 7) is 2.51. The van der Waals surface area contributed by atoms with Gasteiger partial charge in [0.05, 0.1) is 18.4 Å². The van der Waals surface area contributed by atoms with Gasteiger partial charge in [0.15, 0.2) is 11.6 Å². The number of nitrogens with one attached hydrogen (secondary N) is 1. The lowest BCUT2D eigenvalue weighted by atomic mass is 9.95. The van der Waals surface area contributed by atoms with Gasteiger partial charge in [0.2, 0.25) is 17.7 Å². The Labute approximate surface area is 156 Å². The van der Waals surface area contributed by atoms with Crippen molar-refractivity contribution in [3.8, 4) is 11.6 Å². The molecule has 1 atom stereocenters. The molecule has 2 heterocycles. The molecule has 2 aromatic rings. The maximum Gasteiger partial charge on any atom is 0.241 e. The van der Waals surface area contributed by atoms with E-state index in [2.05, 4.69) is 15.3 Å². The monoisotopic (exact) mass is 372 g/mol.